The van der Waals surface area contributed by atoms with Crippen molar-refractivity contribution >= 4 is 28.5 Å². The van der Waals surface area contributed by atoms with Gasteiger partial charge >= 0.3 is 0 Å². The number of imide groups is 1. The van der Waals surface area contributed by atoms with E-state index in [0.29, 0.717) is 29.5 Å². The lowest BCUT2D eigenvalue weighted by atomic mass is 9.94. The number of hydrogen-bond donors (Lipinski definition) is 1. The first kappa shape index (κ1) is 17.9. The third kappa shape index (κ3) is 3.36. The normalized spacial score (nSPS) is 13.1. The Morgan fingerprint density at radius 1 is 0.929 bits per heavy atom. The van der Waals surface area contributed by atoms with Crippen LogP contribution >= 0.6 is 0 Å². The van der Waals surface area contributed by atoms with Gasteiger partial charge in [-0.15, -0.1) is 0 Å². The third-order valence-corrected chi connectivity index (χ3v) is 4.88. The van der Waals surface area contributed by atoms with Crippen LogP contribution in [-0.2, 0) is 11.3 Å². The van der Waals surface area contributed by atoms with Gasteiger partial charge in [-0.1, -0.05) is 24.3 Å². The van der Waals surface area contributed by atoms with Gasteiger partial charge in [-0.25, -0.2) is 0 Å². The summed E-state index contributed by atoms with van der Waals surface area (Å²) in [7, 11) is 0. The lowest BCUT2D eigenvalue weighted by Crippen LogP contribution is -2.41. The summed E-state index contributed by atoms with van der Waals surface area (Å²) in [5.74, 6) is -0.714. The second kappa shape index (κ2) is 7.60. The standard InChI is InChI=1S/C22H19N3O3/c26-19(24-14-15-9-11-23-12-10-15)8-3-13-25-21(27)17-6-1-4-16-5-2-7-18(20(16)17)22(25)28/h1-2,4-7,9-12H,3,8,13-14H2,(H,24,26). The molecule has 1 aliphatic rings. The van der Waals surface area contributed by atoms with Crippen molar-refractivity contribution < 1.29 is 14.4 Å². The van der Waals surface area contributed by atoms with E-state index in [9.17, 15) is 14.4 Å². The van der Waals surface area contributed by atoms with E-state index >= 15 is 0 Å². The van der Waals surface area contributed by atoms with Gasteiger partial charge in [0.05, 0.1) is 0 Å². The number of rotatable bonds is 6. The Bertz CT molecular complexity index is 1010. The zero-order valence-corrected chi connectivity index (χ0v) is 15.2. The van der Waals surface area contributed by atoms with E-state index in [4.69, 9.17) is 0 Å². The fourth-order valence-electron chi connectivity index (χ4n) is 3.47. The molecular weight excluding hydrogens is 354 g/mol. The molecule has 1 aliphatic heterocycles. The fourth-order valence-corrected chi connectivity index (χ4v) is 3.47. The summed E-state index contributed by atoms with van der Waals surface area (Å²) < 4.78 is 0. The Morgan fingerprint density at radius 2 is 1.57 bits per heavy atom. The molecule has 0 bridgehead atoms. The van der Waals surface area contributed by atoms with Gasteiger partial charge in [0.15, 0.2) is 0 Å². The first-order valence-electron chi connectivity index (χ1n) is 9.18. The molecule has 0 fully saturated rings. The molecule has 3 aromatic rings. The lowest BCUT2D eigenvalue weighted by molar-refractivity contribution is -0.121. The van der Waals surface area contributed by atoms with Gasteiger partial charge in [-0.3, -0.25) is 24.3 Å². The van der Waals surface area contributed by atoms with Crippen molar-refractivity contribution in [3.63, 3.8) is 0 Å². The van der Waals surface area contributed by atoms with E-state index in [1.54, 1.807) is 24.5 Å². The Kier molecular flexibility index (Phi) is 4.85. The summed E-state index contributed by atoms with van der Waals surface area (Å²) in [4.78, 5) is 42.8. The number of amides is 3. The van der Waals surface area contributed by atoms with Gasteiger partial charge in [0, 0.05) is 48.4 Å². The quantitative estimate of drug-likeness (QED) is 0.674. The zero-order valence-electron chi connectivity index (χ0n) is 15.2. The minimum Gasteiger partial charge on any atom is -0.352 e. The number of aromatic nitrogens is 1. The van der Waals surface area contributed by atoms with Gasteiger partial charge in [-0.05, 0) is 41.6 Å². The Balaban J connectivity index is 1.39. The summed E-state index contributed by atoms with van der Waals surface area (Å²) in [6.07, 6.45) is 4.01. The van der Waals surface area contributed by atoms with Crippen molar-refractivity contribution in [1.29, 1.82) is 0 Å². The van der Waals surface area contributed by atoms with E-state index in [1.807, 2.05) is 36.4 Å². The average Bonchev–Trinajstić information content (AvgIpc) is 2.73. The summed E-state index contributed by atoms with van der Waals surface area (Å²) in [6.45, 7) is 0.642. The van der Waals surface area contributed by atoms with Crippen molar-refractivity contribution in [2.24, 2.45) is 0 Å². The fraction of sp³-hybridized carbons (Fsp3) is 0.182. The number of carbonyl (C=O) groups excluding carboxylic acids is 3. The molecule has 140 valence electrons. The molecule has 0 unspecified atom stereocenters. The maximum Gasteiger partial charge on any atom is 0.261 e. The van der Waals surface area contributed by atoms with Crippen LogP contribution in [0.4, 0.5) is 0 Å². The largest absolute Gasteiger partial charge is 0.352 e. The summed E-state index contributed by atoms with van der Waals surface area (Å²) in [6, 6.07) is 14.6. The van der Waals surface area contributed by atoms with Crippen LogP contribution in [0.1, 0.15) is 39.1 Å². The Morgan fingerprint density at radius 3 is 2.21 bits per heavy atom. The average molecular weight is 373 g/mol. The number of hydrogen-bond acceptors (Lipinski definition) is 4. The number of nitrogens with one attached hydrogen (secondary N) is 1. The molecule has 3 amide bonds. The molecule has 2 heterocycles. The third-order valence-electron chi connectivity index (χ3n) is 4.88. The van der Waals surface area contributed by atoms with Crippen LogP contribution in [0.3, 0.4) is 0 Å². The minimum absolute atomic E-state index is 0.115. The number of pyridine rings is 1. The molecule has 1 aromatic heterocycles. The molecule has 0 spiro atoms. The molecule has 0 saturated heterocycles. The lowest BCUT2D eigenvalue weighted by Gasteiger charge is -2.27. The smallest absolute Gasteiger partial charge is 0.261 e. The maximum absolute atomic E-state index is 12.8. The molecule has 0 atom stereocenters. The van der Waals surface area contributed by atoms with Gasteiger partial charge in [0.1, 0.15) is 0 Å². The van der Waals surface area contributed by atoms with Crippen LogP contribution in [0.15, 0.2) is 60.9 Å². The monoisotopic (exact) mass is 373 g/mol. The number of benzene rings is 2. The number of nitrogens with zero attached hydrogens (tertiary/aromatic N) is 2. The van der Waals surface area contributed by atoms with Crippen molar-refractivity contribution in [3.8, 4) is 0 Å². The van der Waals surface area contributed by atoms with Gasteiger partial charge in [0.25, 0.3) is 11.8 Å². The SMILES string of the molecule is O=C(CCCN1C(=O)c2cccc3cccc(c23)C1=O)NCc1ccncc1. The molecule has 1 N–H and O–H groups in total. The van der Waals surface area contributed by atoms with Crippen LogP contribution in [0, 0.1) is 0 Å². The van der Waals surface area contributed by atoms with Gasteiger partial charge in [-0.2, -0.15) is 0 Å². The van der Waals surface area contributed by atoms with Crippen molar-refractivity contribution in [2.45, 2.75) is 19.4 Å². The predicted octanol–water partition coefficient (Wildman–Crippen LogP) is 2.93. The van der Waals surface area contributed by atoms with Crippen LogP contribution in [0.2, 0.25) is 0 Å². The molecule has 6 nitrogen and oxygen atoms in total. The van der Waals surface area contributed by atoms with E-state index in [2.05, 4.69) is 10.3 Å². The Hall–Kier alpha value is -3.54. The van der Waals surface area contributed by atoms with Crippen LogP contribution in [0.5, 0.6) is 0 Å². The predicted molar refractivity (Wildman–Crippen MR) is 105 cm³/mol. The van der Waals surface area contributed by atoms with Crippen molar-refractivity contribution in [2.75, 3.05) is 6.54 Å². The highest BCUT2D eigenvalue weighted by Crippen LogP contribution is 2.29. The van der Waals surface area contributed by atoms with Crippen LogP contribution in [0.25, 0.3) is 10.8 Å². The summed E-state index contributed by atoms with van der Waals surface area (Å²) >= 11 is 0. The van der Waals surface area contributed by atoms with Crippen LogP contribution in [-0.4, -0.2) is 34.2 Å². The minimum atomic E-state index is -0.300. The highest BCUT2D eigenvalue weighted by atomic mass is 16.2. The molecule has 0 aliphatic carbocycles. The Labute approximate surface area is 162 Å². The van der Waals surface area contributed by atoms with Crippen molar-refractivity contribution in [1.82, 2.24) is 15.2 Å². The molecule has 28 heavy (non-hydrogen) atoms. The van der Waals surface area contributed by atoms with E-state index < -0.39 is 0 Å². The summed E-state index contributed by atoms with van der Waals surface area (Å²) in [5, 5.41) is 4.43. The van der Waals surface area contributed by atoms with Gasteiger partial charge < -0.3 is 5.32 Å². The van der Waals surface area contributed by atoms with Crippen molar-refractivity contribution in [3.05, 3.63) is 77.6 Å². The second-order valence-corrected chi connectivity index (χ2v) is 6.71. The van der Waals surface area contributed by atoms with E-state index in [-0.39, 0.29) is 30.7 Å². The number of carbonyl (C=O) groups is 3. The van der Waals surface area contributed by atoms with E-state index in [0.717, 1.165) is 10.9 Å². The highest BCUT2D eigenvalue weighted by Gasteiger charge is 2.32. The maximum atomic E-state index is 12.8. The molecule has 0 saturated carbocycles. The molecule has 6 heteroatoms. The topological polar surface area (TPSA) is 79.4 Å². The van der Waals surface area contributed by atoms with E-state index in [1.165, 1.54) is 4.90 Å². The van der Waals surface area contributed by atoms with Crippen LogP contribution < -0.4 is 5.32 Å². The van der Waals surface area contributed by atoms with Gasteiger partial charge in [0.2, 0.25) is 5.91 Å². The highest BCUT2D eigenvalue weighted by molar-refractivity contribution is 6.25. The molecular formula is C22H19N3O3. The first-order valence-corrected chi connectivity index (χ1v) is 9.18. The molecule has 0 radical (unpaired) electrons. The summed E-state index contributed by atoms with van der Waals surface area (Å²) in [5.41, 5.74) is 2.04. The molecule has 4 rings (SSSR count). The zero-order chi connectivity index (χ0) is 19.5. The first-order chi connectivity index (χ1) is 13.6. The molecule has 2 aromatic carbocycles. The second-order valence-electron chi connectivity index (χ2n) is 6.71.